The Labute approximate surface area is 157 Å². The first-order chi connectivity index (χ1) is 12.6. The van der Waals surface area contributed by atoms with Gasteiger partial charge in [0.15, 0.2) is 16.7 Å². The van der Waals surface area contributed by atoms with Crippen LogP contribution in [0.5, 0.6) is 0 Å². The average Bonchev–Trinajstić information content (AvgIpc) is 3.32. The summed E-state index contributed by atoms with van der Waals surface area (Å²) in [5, 5.41) is 8.87. The smallest absolute Gasteiger partial charge is 0.200 e. The van der Waals surface area contributed by atoms with Crippen LogP contribution in [0, 0.1) is 0 Å². The van der Waals surface area contributed by atoms with Gasteiger partial charge in [-0.15, -0.1) is 16.8 Å². The van der Waals surface area contributed by atoms with E-state index in [1.54, 1.807) is 18.4 Å². The molecule has 1 atom stereocenters. The molecule has 0 N–H and O–H groups in total. The van der Waals surface area contributed by atoms with Crippen molar-refractivity contribution in [3.8, 4) is 11.6 Å². The van der Waals surface area contributed by atoms with E-state index in [-0.39, 0.29) is 11.0 Å². The average molecular weight is 367 g/mol. The molecule has 0 saturated carbocycles. The molecular weight excluding hydrogens is 346 g/mol. The van der Waals surface area contributed by atoms with Crippen molar-refractivity contribution in [2.45, 2.75) is 37.2 Å². The van der Waals surface area contributed by atoms with Crippen LogP contribution >= 0.6 is 11.8 Å². The summed E-state index contributed by atoms with van der Waals surface area (Å²) in [4.78, 5) is 12.7. The molecule has 0 saturated heterocycles. The highest BCUT2D eigenvalue weighted by Crippen LogP contribution is 2.28. The van der Waals surface area contributed by atoms with Gasteiger partial charge in [-0.25, -0.2) is 0 Å². The number of thioether (sulfide) groups is 1. The quantitative estimate of drug-likeness (QED) is 0.329. The molecule has 0 aliphatic heterocycles. The zero-order valence-electron chi connectivity index (χ0n) is 14.9. The Balaban J connectivity index is 1.81. The summed E-state index contributed by atoms with van der Waals surface area (Å²) in [6.45, 7) is 8.32. The summed E-state index contributed by atoms with van der Waals surface area (Å²) in [5.41, 5.74) is 1.93. The summed E-state index contributed by atoms with van der Waals surface area (Å²) >= 11 is 1.39. The number of benzene rings is 1. The molecule has 5 nitrogen and oxygen atoms in total. The minimum Gasteiger partial charge on any atom is -0.461 e. The van der Waals surface area contributed by atoms with Gasteiger partial charge in [0.1, 0.15) is 0 Å². The van der Waals surface area contributed by atoms with Crippen molar-refractivity contribution < 1.29 is 9.21 Å². The van der Waals surface area contributed by atoms with E-state index in [1.807, 2.05) is 41.8 Å². The lowest BCUT2D eigenvalue weighted by molar-refractivity contribution is 0.0994. The van der Waals surface area contributed by atoms with E-state index in [1.165, 1.54) is 17.3 Å². The lowest BCUT2D eigenvalue weighted by atomic mass is 10.1. The third-order valence-electron chi connectivity index (χ3n) is 4.07. The fourth-order valence-electron chi connectivity index (χ4n) is 2.61. The zero-order chi connectivity index (χ0) is 18.5. The highest BCUT2D eigenvalue weighted by Gasteiger charge is 2.22. The maximum Gasteiger partial charge on any atom is 0.200 e. The largest absolute Gasteiger partial charge is 0.461 e. The molecule has 0 fully saturated rings. The molecule has 2 heterocycles. The Morgan fingerprint density at radius 1 is 1.31 bits per heavy atom. The number of aryl methyl sites for hydroxylation is 1. The van der Waals surface area contributed by atoms with Gasteiger partial charge in [-0.05, 0) is 31.0 Å². The van der Waals surface area contributed by atoms with Crippen LogP contribution in [-0.2, 0) is 13.0 Å². The number of hydrogen-bond donors (Lipinski definition) is 0. The maximum absolute atomic E-state index is 12.7. The predicted molar refractivity (Wildman–Crippen MR) is 103 cm³/mol. The molecule has 3 aromatic rings. The van der Waals surface area contributed by atoms with Gasteiger partial charge in [0.05, 0.1) is 11.5 Å². The zero-order valence-corrected chi connectivity index (χ0v) is 15.7. The summed E-state index contributed by atoms with van der Waals surface area (Å²) in [6.07, 6.45) is 4.33. The van der Waals surface area contributed by atoms with Crippen LogP contribution < -0.4 is 0 Å². The van der Waals surface area contributed by atoms with E-state index in [0.29, 0.717) is 28.8 Å². The molecule has 0 radical (unpaired) electrons. The van der Waals surface area contributed by atoms with E-state index < -0.39 is 0 Å². The van der Waals surface area contributed by atoms with Gasteiger partial charge in [0.2, 0.25) is 5.82 Å². The van der Waals surface area contributed by atoms with Crippen molar-refractivity contribution in [2.75, 3.05) is 0 Å². The molecule has 0 amide bonds. The Morgan fingerprint density at radius 2 is 2.08 bits per heavy atom. The van der Waals surface area contributed by atoms with E-state index in [0.717, 1.165) is 6.42 Å². The summed E-state index contributed by atoms with van der Waals surface area (Å²) in [5.74, 6) is 1.34. The number of rotatable bonds is 8. The Hall–Kier alpha value is -2.60. The fourth-order valence-corrected chi connectivity index (χ4v) is 3.54. The normalized spacial score (nSPS) is 12.1. The molecule has 2 aromatic heterocycles. The summed E-state index contributed by atoms with van der Waals surface area (Å²) in [7, 11) is 0. The third-order valence-corrected chi connectivity index (χ3v) is 5.15. The first-order valence-electron chi connectivity index (χ1n) is 8.51. The van der Waals surface area contributed by atoms with Crippen molar-refractivity contribution >= 4 is 17.5 Å². The van der Waals surface area contributed by atoms with Crippen molar-refractivity contribution in [3.63, 3.8) is 0 Å². The third kappa shape index (κ3) is 3.80. The second-order valence-corrected chi connectivity index (χ2v) is 7.17. The first kappa shape index (κ1) is 18.2. The Bertz CT molecular complexity index is 882. The summed E-state index contributed by atoms with van der Waals surface area (Å²) < 4.78 is 7.33. The highest BCUT2D eigenvalue weighted by atomic mass is 32.2. The van der Waals surface area contributed by atoms with Gasteiger partial charge in [-0.1, -0.05) is 49.0 Å². The van der Waals surface area contributed by atoms with Crippen molar-refractivity contribution in [1.29, 1.82) is 0 Å². The molecule has 0 spiro atoms. The number of carbonyl (C=O) groups is 1. The van der Waals surface area contributed by atoms with Gasteiger partial charge in [0, 0.05) is 12.1 Å². The predicted octanol–water partition coefficient (Wildman–Crippen LogP) is 4.65. The van der Waals surface area contributed by atoms with Crippen LogP contribution in [0.25, 0.3) is 11.6 Å². The number of aromatic nitrogens is 3. The number of Topliss-reactive ketones (excluding diaryl/α,β-unsaturated/α-hetero) is 1. The maximum atomic E-state index is 12.7. The lowest BCUT2D eigenvalue weighted by Gasteiger charge is -2.11. The van der Waals surface area contributed by atoms with Gasteiger partial charge < -0.3 is 4.42 Å². The topological polar surface area (TPSA) is 60.9 Å². The number of ketones is 1. The molecule has 6 heteroatoms. The van der Waals surface area contributed by atoms with Crippen LogP contribution in [0.1, 0.15) is 29.8 Å². The minimum absolute atomic E-state index is 0.0744. The SMILES string of the molecule is C=CCn1c(SC(C)C(=O)c2ccc(CC)cc2)nnc1-c1ccco1. The molecule has 1 unspecified atom stereocenters. The lowest BCUT2D eigenvalue weighted by Crippen LogP contribution is -2.15. The number of carbonyl (C=O) groups excluding carboxylic acids is 1. The van der Waals surface area contributed by atoms with Gasteiger partial charge >= 0.3 is 0 Å². The van der Waals surface area contributed by atoms with Crippen LogP contribution in [0.2, 0.25) is 0 Å². The standard InChI is InChI=1S/C20H21N3O2S/c1-4-12-23-19(17-7-6-13-25-17)21-22-20(23)26-14(3)18(24)16-10-8-15(5-2)9-11-16/h4,6-11,13-14H,1,5,12H2,2-3H3. The van der Waals surface area contributed by atoms with Crippen LogP contribution in [0.4, 0.5) is 0 Å². The molecule has 0 aliphatic carbocycles. The van der Waals surface area contributed by atoms with E-state index in [2.05, 4.69) is 23.7 Å². The second-order valence-electron chi connectivity index (χ2n) is 5.86. The molecule has 0 aliphatic rings. The van der Waals surface area contributed by atoms with Gasteiger partial charge in [-0.3, -0.25) is 9.36 Å². The highest BCUT2D eigenvalue weighted by molar-refractivity contribution is 8.00. The van der Waals surface area contributed by atoms with Gasteiger partial charge in [0.25, 0.3) is 0 Å². The molecule has 134 valence electrons. The summed E-state index contributed by atoms with van der Waals surface area (Å²) in [6, 6.07) is 11.4. The van der Waals surface area contributed by atoms with E-state index >= 15 is 0 Å². The Morgan fingerprint density at radius 3 is 2.69 bits per heavy atom. The van der Waals surface area contributed by atoms with Gasteiger partial charge in [-0.2, -0.15) is 0 Å². The molecule has 26 heavy (non-hydrogen) atoms. The van der Waals surface area contributed by atoms with Crippen LogP contribution in [0.3, 0.4) is 0 Å². The number of nitrogens with zero attached hydrogens (tertiary/aromatic N) is 3. The number of hydrogen-bond acceptors (Lipinski definition) is 5. The van der Waals surface area contributed by atoms with Crippen molar-refractivity contribution in [1.82, 2.24) is 14.8 Å². The molecular formula is C20H21N3O2S. The van der Waals surface area contributed by atoms with E-state index in [9.17, 15) is 4.79 Å². The molecule has 0 bridgehead atoms. The first-order valence-corrected chi connectivity index (χ1v) is 9.39. The van der Waals surface area contributed by atoms with Crippen LogP contribution in [0.15, 0.2) is 64.9 Å². The number of allylic oxidation sites excluding steroid dienone is 1. The molecule has 1 aromatic carbocycles. The monoisotopic (exact) mass is 367 g/mol. The minimum atomic E-state index is -0.278. The van der Waals surface area contributed by atoms with Crippen molar-refractivity contribution in [2.24, 2.45) is 0 Å². The Kier molecular flexibility index (Phi) is 5.73. The van der Waals surface area contributed by atoms with E-state index in [4.69, 9.17) is 4.42 Å². The number of furan rings is 1. The second kappa shape index (κ2) is 8.19. The fraction of sp³-hybridized carbons (Fsp3) is 0.250. The van der Waals surface area contributed by atoms with Crippen molar-refractivity contribution in [3.05, 3.63) is 66.4 Å². The van der Waals surface area contributed by atoms with Crippen LogP contribution in [-0.4, -0.2) is 25.8 Å². The molecule has 3 rings (SSSR count).